The molecule has 7 heteroatoms. The van der Waals surface area contributed by atoms with Crippen LogP contribution >= 0.6 is 0 Å². The van der Waals surface area contributed by atoms with Gasteiger partial charge >= 0.3 is 0 Å². The number of amides is 1. The predicted molar refractivity (Wildman–Crippen MR) is 105 cm³/mol. The monoisotopic (exact) mass is 375 g/mol. The Morgan fingerprint density at radius 1 is 1.21 bits per heavy atom. The highest BCUT2D eigenvalue weighted by Crippen LogP contribution is 2.22. The number of aryl methyl sites for hydroxylation is 1. The summed E-state index contributed by atoms with van der Waals surface area (Å²) in [4.78, 5) is 25.9. The number of oxazole rings is 1. The van der Waals surface area contributed by atoms with E-state index in [0.29, 0.717) is 23.1 Å². The molecular weight excluding hydrogens is 354 g/mol. The van der Waals surface area contributed by atoms with Crippen molar-refractivity contribution in [2.45, 2.75) is 32.7 Å². The van der Waals surface area contributed by atoms with Crippen molar-refractivity contribution in [2.24, 2.45) is 0 Å². The molecule has 0 aliphatic rings. The molecule has 0 fully saturated rings. The Bertz CT molecular complexity index is 1070. The summed E-state index contributed by atoms with van der Waals surface area (Å²) in [5.74, 6) is 1.68. The van der Waals surface area contributed by atoms with E-state index >= 15 is 0 Å². The maximum atomic E-state index is 12.6. The first-order chi connectivity index (χ1) is 13.6. The van der Waals surface area contributed by atoms with Gasteiger partial charge in [-0.05, 0) is 31.5 Å². The maximum absolute atomic E-state index is 12.6. The highest BCUT2D eigenvalue weighted by molar-refractivity contribution is 5.79. The zero-order chi connectivity index (χ0) is 19.5. The first kappa shape index (κ1) is 17.9. The Labute approximate surface area is 162 Å². The molecular formula is C21H21N5O2. The first-order valence-corrected chi connectivity index (χ1v) is 9.24. The van der Waals surface area contributed by atoms with E-state index < -0.39 is 0 Å². The van der Waals surface area contributed by atoms with Crippen molar-refractivity contribution in [3.8, 4) is 11.5 Å². The minimum absolute atomic E-state index is 0.118. The molecule has 1 aromatic carbocycles. The fraction of sp³-hybridized carbons (Fsp3) is 0.238. The highest BCUT2D eigenvalue weighted by atomic mass is 16.4. The SMILES string of the molecule is CC[C@@H](NC(=O)Cc1nc(-c2ccccc2)oc1C)c1cn2cccnc2n1. The number of carbonyl (C=O) groups is 1. The van der Waals surface area contributed by atoms with Crippen LogP contribution in [0.2, 0.25) is 0 Å². The number of hydrogen-bond donors (Lipinski definition) is 1. The Kier molecular flexibility index (Phi) is 4.89. The van der Waals surface area contributed by atoms with Gasteiger partial charge in [0, 0.05) is 24.2 Å². The van der Waals surface area contributed by atoms with Crippen molar-refractivity contribution in [2.75, 3.05) is 0 Å². The van der Waals surface area contributed by atoms with Gasteiger partial charge in [0.2, 0.25) is 17.6 Å². The summed E-state index contributed by atoms with van der Waals surface area (Å²) in [5, 5.41) is 3.04. The van der Waals surface area contributed by atoms with E-state index in [1.165, 1.54) is 0 Å². The molecule has 0 unspecified atom stereocenters. The summed E-state index contributed by atoms with van der Waals surface area (Å²) in [6.07, 6.45) is 6.36. The van der Waals surface area contributed by atoms with E-state index in [1.807, 2.05) is 67.0 Å². The Balaban J connectivity index is 1.48. The predicted octanol–water partition coefficient (Wildman–Crippen LogP) is 3.50. The Morgan fingerprint density at radius 2 is 2.04 bits per heavy atom. The van der Waals surface area contributed by atoms with Crippen LogP contribution in [0.15, 0.2) is 59.4 Å². The lowest BCUT2D eigenvalue weighted by molar-refractivity contribution is -0.121. The van der Waals surface area contributed by atoms with Crippen LogP contribution in [0.25, 0.3) is 17.2 Å². The van der Waals surface area contributed by atoms with Gasteiger partial charge in [-0.1, -0.05) is 25.1 Å². The smallest absolute Gasteiger partial charge is 0.233 e. The van der Waals surface area contributed by atoms with Gasteiger partial charge in [-0.2, -0.15) is 0 Å². The average molecular weight is 375 g/mol. The van der Waals surface area contributed by atoms with Gasteiger partial charge in [-0.3, -0.25) is 9.20 Å². The van der Waals surface area contributed by atoms with Crippen LogP contribution in [-0.2, 0) is 11.2 Å². The van der Waals surface area contributed by atoms with Gasteiger partial charge in [0.1, 0.15) is 5.76 Å². The number of imidazole rings is 1. The molecule has 1 N–H and O–H groups in total. The number of hydrogen-bond acceptors (Lipinski definition) is 5. The van der Waals surface area contributed by atoms with Crippen LogP contribution in [0.1, 0.15) is 36.5 Å². The van der Waals surface area contributed by atoms with Gasteiger partial charge in [0.25, 0.3) is 0 Å². The van der Waals surface area contributed by atoms with E-state index in [4.69, 9.17) is 4.42 Å². The zero-order valence-corrected chi connectivity index (χ0v) is 15.8. The second-order valence-corrected chi connectivity index (χ2v) is 6.59. The largest absolute Gasteiger partial charge is 0.441 e. The third-order valence-electron chi connectivity index (χ3n) is 4.60. The number of rotatable bonds is 6. The lowest BCUT2D eigenvalue weighted by Gasteiger charge is -2.14. The van der Waals surface area contributed by atoms with Crippen LogP contribution < -0.4 is 5.32 Å². The second kappa shape index (κ2) is 7.64. The summed E-state index contributed by atoms with van der Waals surface area (Å²) < 4.78 is 7.59. The van der Waals surface area contributed by atoms with E-state index in [1.54, 1.807) is 6.20 Å². The third kappa shape index (κ3) is 3.64. The quantitative estimate of drug-likeness (QED) is 0.557. The average Bonchev–Trinajstić information content (AvgIpc) is 3.30. The molecule has 1 atom stereocenters. The van der Waals surface area contributed by atoms with Crippen molar-refractivity contribution in [3.63, 3.8) is 0 Å². The second-order valence-electron chi connectivity index (χ2n) is 6.59. The van der Waals surface area contributed by atoms with Crippen molar-refractivity contribution >= 4 is 11.7 Å². The van der Waals surface area contributed by atoms with E-state index in [9.17, 15) is 4.79 Å². The lowest BCUT2D eigenvalue weighted by atomic mass is 10.1. The number of aromatic nitrogens is 4. The minimum Gasteiger partial charge on any atom is -0.441 e. The summed E-state index contributed by atoms with van der Waals surface area (Å²) >= 11 is 0. The summed E-state index contributed by atoms with van der Waals surface area (Å²) in [6.45, 7) is 3.84. The van der Waals surface area contributed by atoms with Gasteiger partial charge in [-0.15, -0.1) is 0 Å². The van der Waals surface area contributed by atoms with E-state index in [2.05, 4.69) is 20.3 Å². The van der Waals surface area contributed by atoms with Crippen molar-refractivity contribution < 1.29 is 9.21 Å². The molecule has 1 amide bonds. The standard InChI is InChI=1S/C21H21N5O2/c1-3-16(18-13-26-11-7-10-22-21(26)25-18)23-19(27)12-17-14(2)28-20(24-17)15-8-5-4-6-9-15/h4-11,13,16H,3,12H2,1-2H3,(H,23,27)/t16-/m1/s1. The normalized spacial score (nSPS) is 12.2. The molecule has 0 saturated carbocycles. The lowest BCUT2D eigenvalue weighted by Crippen LogP contribution is -2.30. The summed E-state index contributed by atoms with van der Waals surface area (Å²) in [6, 6.07) is 11.3. The van der Waals surface area contributed by atoms with Crippen LogP contribution in [-0.4, -0.2) is 25.3 Å². The summed E-state index contributed by atoms with van der Waals surface area (Å²) in [5.41, 5.74) is 2.32. The van der Waals surface area contributed by atoms with Gasteiger partial charge in [0.15, 0.2) is 0 Å². The fourth-order valence-corrected chi connectivity index (χ4v) is 3.10. The Morgan fingerprint density at radius 3 is 2.79 bits per heavy atom. The number of carbonyl (C=O) groups excluding carboxylic acids is 1. The molecule has 4 aromatic rings. The first-order valence-electron chi connectivity index (χ1n) is 9.24. The van der Waals surface area contributed by atoms with E-state index in [-0.39, 0.29) is 18.4 Å². The molecule has 0 aliphatic heterocycles. The maximum Gasteiger partial charge on any atom is 0.233 e. The highest BCUT2D eigenvalue weighted by Gasteiger charge is 2.19. The molecule has 3 aromatic heterocycles. The van der Waals surface area contributed by atoms with Crippen LogP contribution in [0.4, 0.5) is 0 Å². The van der Waals surface area contributed by atoms with Crippen LogP contribution in [0, 0.1) is 6.92 Å². The van der Waals surface area contributed by atoms with Gasteiger partial charge < -0.3 is 9.73 Å². The van der Waals surface area contributed by atoms with Gasteiger partial charge in [0.05, 0.1) is 23.9 Å². The van der Waals surface area contributed by atoms with Crippen molar-refractivity contribution in [3.05, 3.63) is 72.1 Å². The third-order valence-corrected chi connectivity index (χ3v) is 4.60. The van der Waals surface area contributed by atoms with Crippen LogP contribution in [0.5, 0.6) is 0 Å². The van der Waals surface area contributed by atoms with E-state index in [0.717, 1.165) is 17.7 Å². The summed E-state index contributed by atoms with van der Waals surface area (Å²) in [7, 11) is 0. The van der Waals surface area contributed by atoms with Crippen molar-refractivity contribution in [1.82, 2.24) is 24.7 Å². The minimum atomic E-state index is -0.185. The topological polar surface area (TPSA) is 85.3 Å². The Hall–Kier alpha value is -3.48. The molecule has 28 heavy (non-hydrogen) atoms. The molecule has 4 rings (SSSR count). The molecule has 142 valence electrons. The molecule has 3 heterocycles. The number of nitrogens with one attached hydrogen (secondary N) is 1. The molecule has 0 bridgehead atoms. The molecule has 0 saturated heterocycles. The van der Waals surface area contributed by atoms with Gasteiger partial charge in [-0.25, -0.2) is 15.0 Å². The molecule has 7 nitrogen and oxygen atoms in total. The zero-order valence-electron chi connectivity index (χ0n) is 15.8. The number of nitrogens with zero attached hydrogens (tertiary/aromatic N) is 4. The number of benzene rings is 1. The van der Waals surface area contributed by atoms with Crippen molar-refractivity contribution in [1.29, 1.82) is 0 Å². The molecule has 0 spiro atoms. The van der Waals surface area contributed by atoms with Crippen LogP contribution in [0.3, 0.4) is 0 Å². The fourth-order valence-electron chi connectivity index (χ4n) is 3.10. The molecule has 0 aliphatic carbocycles. The number of fused-ring (bicyclic) bond motifs is 1. The molecule has 0 radical (unpaired) electrons.